The molecule has 2 rings (SSSR count). The third-order valence-corrected chi connectivity index (χ3v) is 3.04. The van der Waals surface area contributed by atoms with Gasteiger partial charge in [-0.05, 0) is 24.6 Å². The van der Waals surface area contributed by atoms with E-state index in [4.69, 9.17) is 0 Å². The number of carbonyl (C=O) groups is 2. The first-order valence-corrected chi connectivity index (χ1v) is 6.10. The van der Waals surface area contributed by atoms with Crippen molar-refractivity contribution in [2.24, 2.45) is 7.05 Å². The third kappa shape index (κ3) is 2.99. The molecular formula is C14H17N3O2. The number of ketones is 1. The number of aromatic nitrogens is 2. The number of nitrogens with zero attached hydrogens (tertiary/aromatic N) is 3. The fourth-order valence-corrected chi connectivity index (χ4v) is 1.99. The second-order valence-corrected chi connectivity index (χ2v) is 4.81. The lowest BCUT2D eigenvalue weighted by molar-refractivity contribution is -0.134. The molecule has 0 radical (unpaired) electrons. The minimum atomic E-state index is -0.159. The standard InChI is InChI=1S/C14H17N3O2/c1-10(18)6-14(19)16(2)8-11-4-5-13-12(7-11)15-9-17(13)3/h4-5,7,9H,6,8H2,1-3H3. The van der Waals surface area contributed by atoms with E-state index < -0.39 is 0 Å². The number of benzene rings is 1. The quantitative estimate of drug-likeness (QED) is 0.782. The summed E-state index contributed by atoms with van der Waals surface area (Å²) < 4.78 is 1.95. The van der Waals surface area contributed by atoms with E-state index >= 15 is 0 Å². The average Bonchev–Trinajstić information content (AvgIpc) is 2.70. The summed E-state index contributed by atoms with van der Waals surface area (Å²) in [7, 11) is 3.64. The van der Waals surface area contributed by atoms with Crippen molar-refractivity contribution in [3.8, 4) is 0 Å². The van der Waals surface area contributed by atoms with Crippen molar-refractivity contribution in [2.45, 2.75) is 19.9 Å². The molecule has 0 spiro atoms. The number of imidazole rings is 1. The number of hydrogen-bond acceptors (Lipinski definition) is 3. The molecule has 0 atom stereocenters. The molecule has 0 N–H and O–H groups in total. The summed E-state index contributed by atoms with van der Waals surface area (Å²) in [6.07, 6.45) is 1.72. The minimum absolute atomic E-state index is 0.0394. The monoisotopic (exact) mass is 259 g/mol. The van der Waals surface area contributed by atoms with E-state index in [-0.39, 0.29) is 18.1 Å². The Hall–Kier alpha value is -2.17. The van der Waals surface area contributed by atoms with Gasteiger partial charge >= 0.3 is 0 Å². The number of Topliss-reactive ketones (excluding diaryl/α,β-unsaturated/α-hetero) is 1. The molecule has 1 aromatic carbocycles. The number of amides is 1. The van der Waals surface area contributed by atoms with Gasteiger partial charge in [0.1, 0.15) is 5.78 Å². The van der Waals surface area contributed by atoms with Gasteiger partial charge < -0.3 is 9.47 Å². The molecule has 0 saturated carbocycles. The first-order chi connectivity index (χ1) is 8.97. The van der Waals surface area contributed by atoms with Crippen LogP contribution in [0.3, 0.4) is 0 Å². The summed E-state index contributed by atoms with van der Waals surface area (Å²) in [6, 6.07) is 5.93. The summed E-state index contributed by atoms with van der Waals surface area (Å²) >= 11 is 0. The highest BCUT2D eigenvalue weighted by atomic mass is 16.2. The molecule has 5 heteroatoms. The normalized spacial score (nSPS) is 10.7. The minimum Gasteiger partial charge on any atom is -0.341 e. The number of aryl methyl sites for hydroxylation is 1. The molecule has 0 saturated heterocycles. The lowest BCUT2D eigenvalue weighted by atomic mass is 10.2. The maximum Gasteiger partial charge on any atom is 0.230 e. The molecule has 0 bridgehead atoms. The Labute approximate surface area is 111 Å². The van der Waals surface area contributed by atoms with Gasteiger partial charge in [0, 0.05) is 20.6 Å². The molecule has 0 aliphatic heterocycles. The Balaban J connectivity index is 2.12. The van der Waals surface area contributed by atoms with E-state index in [1.165, 1.54) is 6.92 Å². The predicted octanol–water partition coefficient (Wildman–Crippen LogP) is 1.51. The van der Waals surface area contributed by atoms with E-state index in [0.29, 0.717) is 6.54 Å². The van der Waals surface area contributed by atoms with Crippen LogP contribution in [0.2, 0.25) is 0 Å². The zero-order valence-electron chi connectivity index (χ0n) is 11.4. The van der Waals surface area contributed by atoms with Crippen LogP contribution in [0.1, 0.15) is 18.9 Å². The second-order valence-electron chi connectivity index (χ2n) is 4.81. The van der Waals surface area contributed by atoms with Crippen LogP contribution >= 0.6 is 0 Å². The average molecular weight is 259 g/mol. The molecule has 0 aliphatic rings. The molecule has 0 unspecified atom stereocenters. The van der Waals surface area contributed by atoms with Gasteiger partial charge in [-0.3, -0.25) is 9.59 Å². The van der Waals surface area contributed by atoms with Crippen LogP contribution in [0.4, 0.5) is 0 Å². The van der Waals surface area contributed by atoms with E-state index in [9.17, 15) is 9.59 Å². The lowest BCUT2D eigenvalue weighted by Crippen LogP contribution is -2.27. The SMILES string of the molecule is CC(=O)CC(=O)N(C)Cc1ccc2c(c1)ncn2C. The molecule has 1 amide bonds. The summed E-state index contributed by atoms with van der Waals surface area (Å²) in [6.45, 7) is 1.91. The van der Waals surface area contributed by atoms with Crippen molar-refractivity contribution in [3.05, 3.63) is 30.1 Å². The van der Waals surface area contributed by atoms with Gasteiger partial charge in [0.15, 0.2) is 0 Å². The number of carbonyl (C=O) groups excluding carboxylic acids is 2. The molecule has 2 aromatic rings. The topological polar surface area (TPSA) is 55.2 Å². The van der Waals surface area contributed by atoms with Crippen LogP contribution in [0.15, 0.2) is 24.5 Å². The van der Waals surface area contributed by atoms with Crippen molar-refractivity contribution in [3.63, 3.8) is 0 Å². The van der Waals surface area contributed by atoms with Gasteiger partial charge in [0.2, 0.25) is 5.91 Å². The Morgan fingerprint density at radius 2 is 2.11 bits per heavy atom. The smallest absolute Gasteiger partial charge is 0.230 e. The summed E-state index contributed by atoms with van der Waals surface area (Å²) in [5, 5.41) is 0. The Morgan fingerprint density at radius 1 is 1.37 bits per heavy atom. The fraction of sp³-hybridized carbons (Fsp3) is 0.357. The number of hydrogen-bond donors (Lipinski definition) is 0. The summed E-state index contributed by atoms with van der Waals surface area (Å²) in [5.74, 6) is -0.273. The lowest BCUT2D eigenvalue weighted by Gasteiger charge is -2.16. The molecule has 0 fully saturated rings. The molecule has 100 valence electrons. The Bertz CT molecular complexity index is 631. The summed E-state index contributed by atoms with van der Waals surface area (Å²) in [5.41, 5.74) is 2.97. The van der Waals surface area contributed by atoms with Crippen molar-refractivity contribution in [1.29, 1.82) is 0 Å². The fourth-order valence-electron chi connectivity index (χ4n) is 1.99. The van der Waals surface area contributed by atoms with Gasteiger partial charge in [-0.15, -0.1) is 0 Å². The highest BCUT2D eigenvalue weighted by Crippen LogP contribution is 2.15. The van der Waals surface area contributed by atoms with Crippen molar-refractivity contribution in [1.82, 2.24) is 14.5 Å². The maximum absolute atomic E-state index is 11.7. The van der Waals surface area contributed by atoms with Gasteiger partial charge in [-0.25, -0.2) is 4.98 Å². The van der Waals surface area contributed by atoms with Crippen molar-refractivity contribution >= 4 is 22.7 Å². The Kier molecular flexibility index (Phi) is 3.64. The van der Waals surface area contributed by atoms with Gasteiger partial charge in [-0.2, -0.15) is 0 Å². The third-order valence-electron chi connectivity index (χ3n) is 3.04. The van der Waals surface area contributed by atoms with E-state index in [1.54, 1.807) is 18.3 Å². The van der Waals surface area contributed by atoms with Crippen LogP contribution in [0.5, 0.6) is 0 Å². The maximum atomic E-state index is 11.7. The zero-order chi connectivity index (χ0) is 14.0. The molecular weight excluding hydrogens is 242 g/mol. The Morgan fingerprint density at radius 3 is 2.79 bits per heavy atom. The zero-order valence-corrected chi connectivity index (χ0v) is 11.4. The van der Waals surface area contributed by atoms with Gasteiger partial charge in [0.05, 0.1) is 23.8 Å². The molecule has 19 heavy (non-hydrogen) atoms. The highest BCUT2D eigenvalue weighted by molar-refractivity contribution is 5.96. The van der Waals surface area contributed by atoms with E-state index in [1.807, 2.05) is 29.8 Å². The van der Waals surface area contributed by atoms with Gasteiger partial charge in [-0.1, -0.05) is 6.07 Å². The second kappa shape index (κ2) is 5.22. The summed E-state index contributed by atoms with van der Waals surface area (Å²) in [4.78, 5) is 28.5. The first kappa shape index (κ1) is 13.3. The van der Waals surface area contributed by atoms with Crippen molar-refractivity contribution in [2.75, 3.05) is 7.05 Å². The van der Waals surface area contributed by atoms with Gasteiger partial charge in [0.25, 0.3) is 0 Å². The molecule has 1 heterocycles. The molecule has 0 aliphatic carbocycles. The number of rotatable bonds is 4. The molecule has 5 nitrogen and oxygen atoms in total. The van der Waals surface area contributed by atoms with Crippen LogP contribution in [-0.4, -0.2) is 33.2 Å². The van der Waals surface area contributed by atoms with Crippen LogP contribution in [0.25, 0.3) is 11.0 Å². The van der Waals surface area contributed by atoms with Crippen LogP contribution in [-0.2, 0) is 23.2 Å². The van der Waals surface area contributed by atoms with Crippen molar-refractivity contribution < 1.29 is 9.59 Å². The van der Waals surface area contributed by atoms with Crippen LogP contribution < -0.4 is 0 Å². The first-order valence-electron chi connectivity index (χ1n) is 6.10. The predicted molar refractivity (Wildman–Crippen MR) is 72.5 cm³/mol. The molecule has 1 aromatic heterocycles. The van der Waals surface area contributed by atoms with E-state index in [2.05, 4.69) is 4.98 Å². The van der Waals surface area contributed by atoms with Crippen LogP contribution in [0, 0.1) is 0 Å². The number of fused-ring (bicyclic) bond motifs is 1. The van der Waals surface area contributed by atoms with E-state index in [0.717, 1.165) is 16.6 Å². The highest BCUT2D eigenvalue weighted by Gasteiger charge is 2.12. The largest absolute Gasteiger partial charge is 0.341 e.